The van der Waals surface area contributed by atoms with Crippen molar-refractivity contribution >= 4 is 33.4 Å². The van der Waals surface area contributed by atoms with Gasteiger partial charge < -0.3 is 9.31 Å². The van der Waals surface area contributed by atoms with E-state index in [2.05, 4.69) is 44.8 Å². The van der Waals surface area contributed by atoms with Gasteiger partial charge in [-0.15, -0.1) is 11.3 Å². The van der Waals surface area contributed by atoms with Gasteiger partial charge in [0.05, 0.1) is 21.4 Å². The van der Waals surface area contributed by atoms with Crippen molar-refractivity contribution in [3.05, 3.63) is 24.4 Å². The summed E-state index contributed by atoms with van der Waals surface area (Å²) in [6.45, 7) is 8.27. The van der Waals surface area contributed by atoms with Gasteiger partial charge in [-0.25, -0.2) is 0 Å². The van der Waals surface area contributed by atoms with Gasteiger partial charge in [0, 0.05) is 11.0 Å². The van der Waals surface area contributed by atoms with Gasteiger partial charge in [0.15, 0.2) is 0 Å². The van der Waals surface area contributed by atoms with Crippen LogP contribution in [0.2, 0.25) is 0 Å². The van der Waals surface area contributed by atoms with E-state index in [0.717, 1.165) is 10.3 Å². The molecular weight excluding hydrogens is 245 g/mol. The smallest absolute Gasteiger partial charge is 0.399 e. The number of rotatable bonds is 1. The average Bonchev–Trinajstić information content (AvgIpc) is 2.78. The molecule has 2 aromatic rings. The fourth-order valence-electron chi connectivity index (χ4n) is 1.96. The highest BCUT2D eigenvalue weighted by molar-refractivity contribution is 7.28. The van der Waals surface area contributed by atoms with Crippen LogP contribution in [0, 0.1) is 0 Å². The zero-order valence-corrected chi connectivity index (χ0v) is 11.9. The van der Waals surface area contributed by atoms with Crippen LogP contribution in [-0.2, 0) is 9.31 Å². The summed E-state index contributed by atoms with van der Waals surface area (Å²) in [5.41, 5.74) is 0.426. The van der Waals surface area contributed by atoms with Crippen LogP contribution < -0.4 is 4.78 Å². The summed E-state index contributed by atoms with van der Waals surface area (Å²) in [4.78, 5) is 4.35. The number of fused-ring (bicyclic) bond motifs is 1. The summed E-state index contributed by atoms with van der Waals surface area (Å²) in [6, 6.07) is 6.08. The normalized spacial score (nSPS) is 21.7. The van der Waals surface area contributed by atoms with Crippen LogP contribution in [0.15, 0.2) is 24.4 Å². The summed E-state index contributed by atoms with van der Waals surface area (Å²) in [7, 11) is -0.283. The van der Waals surface area contributed by atoms with Crippen molar-refractivity contribution in [3.63, 3.8) is 0 Å². The molecule has 1 aliphatic rings. The summed E-state index contributed by atoms with van der Waals surface area (Å²) in [5.74, 6) is 0. The first kappa shape index (κ1) is 12.1. The maximum absolute atomic E-state index is 6.04. The number of hydrogen-bond acceptors (Lipinski definition) is 4. The van der Waals surface area contributed by atoms with Gasteiger partial charge in [-0.05, 0) is 45.9 Å². The fraction of sp³-hybridized carbons (Fsp3) is 0.462. The van der Waals surface area contributed by atoms with E-state index >= 15 is 0 Å². The lowest BCUT2D eigenvalue weighted by Gasteiger charge is -2.32. The Labute approximate surface area is 111 Å². The average molecular weight is 261 g/mol. The molecule has 0 amide bonds. The first-order valence-electron chi connectivity index (χ1n) is 6.09. The molecule has 3 heterocycles. The van der Waals surface area contributed by atoms with Crippen molar-refractivity contribution in [1.29, 1.82) is 0 Å². The monoisotopic (exact) mass is 261 g/mol. The van der Waals surface area contributed by atoms with Crippen LogP contribution in [0.25, 0.3) is 10.2 Å². The van der Waals surface area contributed by atoms with Gasteiger partial charge in [-0.1, -0.05) is 0 Å². The van der Waals surface area contributed by atoms with Gasteiger partial charge in [0.1, 0.15) is 0 Å². The van der Waals surface area contributed by atoms with E-state index in [0.29, 0.717) is 0 Å². The Bertz CT molecular complexity index is 544. The number of nitrogens with zero attached hydrogens (tertiary/aromatic N) is 1. The maximum Gasteiger partial charge on any atom is 0.505 e. The zero-order valence-electron chi connectivity index (χ0n) is 11.1. The minimum Gasteiger partial charge on any atom is -0.399 e. The lowest BCUT2D eigenvalue weighted by atomic mass is 9.88. The Morgan fingerprint density at radius 2 is 1.83 bits per heavy atom. The second-order valence-corrected chi connectivity index (χ2v) is 6.74. The molecule has 3 nitrogen and oxygen atoms in total. The third-order valence-electron chi connectivity index (χ3n) is 3.79. The summed E-state index contributed by atoms with van der Waals surface area (Å²) < 4.78 is 14.3. The Morgan fingerprint density at radius 3 is 2.44 bits per heavy atom. The van der Waals surface area contributed by atoms with Crippen molar-refractivity contribution in [2.75, 3.05) is 0 Å². The molecule has 0 atom stereocenters. The Balaban J connectivity index is 1.97. The van der Waals surface area contributed by atoms with Gasteiger partial charge in [0.25, 0.3) is 0 Å². The van der Waals surface area contributed by atoms with Gasteiger partial charge >= 0.3 is 7.12 Å². The molecule has 94 valence electrons. The molecule has 18 heavy (non-hydrogen) atoms. The predicted molar refractivity (Wildman–Crippen MR) is 75.3 cm³/mol. The van der Waals surface area contributed by atoms with Crippen LogP contribution >= 0.6 is 11.3 Å². The minimum absolute atomic E-state index is 0.283. The minimum atomic E-state index is -0.290. The molecule has 3 rings (SSSR count). The molecule has 1 aliphatic heterocycles. The molecule has 5 heteroatoms. The summed E-state index contributed by atoms with van der Waals surface area (Å²) in [5, 5.41) is 0. The molecule has 0 aliphatic carbocycles. The van der Waals surface area contributed by atoms with Crippen LogP contribution in [0.5, 0.6) is 0 Å². The van der Waals surface area contributed by atoms with Crippen molar-refractivity contribution in [1.82, 2.24) is 4.98 Å². The van der Waals surface area contributed by atoms with Crippen LogP contribution in [-0.4, -0.2) is 23.3 Å². The van der Waals surface area contributed by atoms with E-state index in [4.69, 9.17) is 9.31 Å². The summed E-state index contributed by atoms with van der Waals surface area (Å²) >= 11 is 1.68. The second kappa shape index (κ2) is 3.79. The molecule has 0 bridgehead atoms. The summed E-state index contributed by atoms with van der Waals surface area (Å²) in [6.07, 6.45) is 1.81. The molecular formula is C13H16BNO2S. The standard InChI is InChI=1S/C13H16BNO2S/c1-12(2)13(3,4)17-14(16-12)11-8-9-10(18-11)6-5-7-15-9/h5-8H,1-4H3. The van der Waals surface area contributed by atoms with Crippen LogP contribution in [0.1, 0.15) is 27.7 Å². The first-order valence-corrected chi connectivity index (χ1v) is 6.91. The highest BCUT2D eigenvalue weighted by Gasteiger charge is 2.52. The number of pyridine rings is 1. The van der Waals surface area contributed by atoms with Crippen molar-refractivity contribution in [2.45, 2.75) is 38.9 Å². The van der Waals surface area contributed by atoms with Gasteiger partial charge in [-0.3, -0.25) is 4.98 Å². The van der Waals surface area contributed by atoms with E-state index < -0.39 is 0 Å². The SMILES string of the molecule is CC1(C)OB(c2cc3ncccc3s2)OC1(C)C. The molecule has 1 saturated heterocycles. The van der Waals surface area contributed by atoms with Gasteiger partial charge in [-0.2, -0.15) is 0 Å². The highest BCUT2D eigenvalue weighted by Crippen LogP contribution is 2.37. The highest BCUT2D eigenvalue weighted by atomic mass is 32.1. The molecule has 0 spiro atoms. The lowest BCUT2D eigenvalue weighted by Crippen LogP contribution is -2.41. The van der Waals surface area contributed by atoms with E-state index in [-0.39, 0.29) is 18.3 Å². The third-order valence-corrected chi connectivity index (χ3v) is 4.90. The molecule has 0 saturated carbocycles. The van der Waals surface area contributed by atoms with E-state index in [1.807, 2.05) is 12.3 Å². The molecule has 0 N–H and O–H groups in total. The molecule has 0 radical (unpaired) electrons. The first-order chi connectivity index (χ1) is 8.39. The number of aromatic nitrogens is 1. The third kappa shape index (κ3) is 1.78. The Morgan fingerprint density at radius 1 is 1.17 bits per heavy atom. The zero-order chi connectivity index (χ0) is 13.0. The van der Waals surface area contributed by atoms with E-state index in [1.54, 1.807) is 11.3 Å². The molecule has 1 fully saturated rings. The fourth-order valence-corrected chi connectivity index (χ4v) is 2.94. The molecule has 2 aromatic heterocycles. The van der Waals surface area contributed by atoms with Crippen molar-refractivity contribution in [3.8, 4) is 0 Å². The Hall–Kier alpha value is -0.905. The van der Waals surface area contributed by atoms with Crippen LogP contribution in [0.3, 0.4) is 0 Å². The van der Waals surface area contributed by atoms with Crippen molar-refractivity contribution in [2.24, 2.45) is 0 Å². The topological polar surface area (TPSA) is 31.4 Å². The number of thiophene rings is 1. The molecule has 0 unspecified atom stereocenters. The van der Waals surface area contributed by atoms with E-state index in [1.165, 1.54) is 4.70 Å². The maximum atomic E-state index is 6.04. The van der Waals surface area contributed by atoms with Crippen molar-refractivity contribution < 1.29 is 9.31 Å². The lowest BCUT2D eigenvalue weighted by molar-refractivity contribution is 0.00578. The van der Waals surface area contributed by atoms with Gasteiger partial charge in [0.2, 0.25) is 0 Å². The second-order valence-electron chi connectivity index (χ2n) is 5.62. The van der Waals surface area contributed by atoms with E-state index in [9.17, 15) is 0 Å². The largest absolute Gasteiger partial charge is 0.505 e. The molecule has 0 aromatic carbocycles. The Kier molecular flexibility index (Phi) is 2.56. The van der Waals surface area contributed by atoms with Crippen LogP contribution in [0.4, 0.5) is 0 Å². The quantitative estimate of drug-likeness (QED) is 0.739. The number of hydrogen-bond donors (Lipinski definition) is 0. The predicted octanol–water partition coefficient (Wildman–Crippen LogP) is 2.60.